The molecule has 0 spiro atoms. The number of hydrogen-bond donors (Lipinski definition) is 0. The third-order valence-electron chi connectivity index (χ3n) is 5.39. The van der Waals surface area contributed by atoms with Crippen molar-refractivity contribution in [3.8, 4) is 16.9 Å². The predicted octanol–water partition coefficient (Wildman–Crippen LogP) is 7.74. The quantitative estimate of drug-likeness (QED) is 0.415. The van der Waals surface area contributed by atoms with Gasteiger partial charge in [-0.15, -0.1) is 0 Å². The first-order chi connectivity index (χ1) is 14.5. The maximum atomic E-state index is 6.45. The molecular formula is C26H39NO3. The van der Waals surface area contributed by atoms with Crippen LogP contribution in [0.4, 0.5) is 0 Å². The van der Waals surface area contributed by atoms with Crippen LogP contribution in [0.25, 0.3) is 11.1 Å². The zero-order valence-corrected chi connectivity index (χ0v) is 19.9. The van der Waals surface area contributed by atoms with Crippen LogP contribution in [0.5, 0.6) is 5.75 Å². The van der Waals surface area contributed by atoms with Gasteiger partial charge < -0.3 is 14.0 Å². The highest BCUT2D eigenvalue weighted by Crippen LogP contribution is 2.35. The van der Waals surface area contributed by atoms with E-state index in [2.05, 4.69) is 43.3 Å². The summed E-state index contributed by atoms with van der Waals surface area (Å²) in [4.78, 5) is 0. The number of hydrogen-bond acceptors (Lipinski definition) is 4. The third-order valence-corrected chi connectivity index (χ3v) is 5.39. The molecule has 1 aliphatic carbocycles. The summed E-state index contributed by atoms with van der Waals surface area (Å²) in [6.45, 7) is 14.9. The van der Waals surface area contributed by atoms with Crippen molar-refractivity contribution in [1.29, 1.82) is 0 Å². The summed E-state index contributed by atoms with van der Waals surface area (Å²) >= 11 is 0. The van der Waals surface area contributed by atoms with E-state index in [1.54, 1.807) is 5.57 Å². The van der Waals surface area contributed by atoms with Crippen molar-refractivity contribution in [2.45, 2.75) is 92.8 Å². The monoisotopic (exact) mass is 413 g/mol. The summed E-state index contributed by atoms with van der Waals surface area (Å²) in [6.07, 6.45) is 8.45. The van der Waals surface area contributed by atoms with E-state index in [4.69, 9.17) is 14.0 Å². The molecule has 0 N–H and O–H groups in total. The van der Waals surface area contributed by atoms with Crippen LogP contribution in [-0.2, 0) is 4.74 Å². The minimum absolute atomic E-state index is 0.0122. The Balaban J connectivity index is 0.00000155. The van der Waals surface area contributed by atoms with Gasteiger partial charge in [-0.1, -0.05) is 44.0 Å². The molecule has 2 atom stereocenters. The van der Waals surface area contributed by atoms with Crippen molar-refractivity contribution in [1.82, 2.24) is 5.16 Å². The summed E-state index contributed by atoms with van der Waals surface area (Å²) in [6, 6.07) is 6.33. The van der Waals surface area contributed by atoms with Crippen molar-refractivity contribution in [2.75, 3.05) is 6.61 Å². The predicted molar refractivity (Wildman–Crippen MR) is 124 cm³/mol. The highest BCUT2D eigenvalue weighted by molar-refractivity contribution is 5.70. The minimum atomic E-state index is -0.0122. The van der Waals surface area contributed by atoms with Gasteiger partial charge in [-0.2, -0.15) is 0 Å². The van der Waals surface area contributed by atoms with Gasteiger partial charge >= 0.3 is 0 Å². The van der Waals surface area contributed by atoms with Crippen LogP contribution in [-0.4, -0.2) is 17.9 Å². The Hall–Kier alpha value is -2.07. The van der Waals surface area contributed by atoms with Gasteiger partial charge in [0.05, 0.1) is 24.5 Å². The van der Waals surface area contributed by atoms with Crippen molar-refractivity contribution in [3.05, 3.63) is 46.9 Å². The maximum absolute atomic E-state index is 6.45. The van der Waals surface area contributed by atoms with Gasteiger partial charge in [0, 0.05) is 5.56 Å². The summed E-state index contributed by atoms with van der Waals surface area (Å²) < 4.78 is 17.7. The molecule has 3 rings (SSSR count). The van der Waals surface area contributed by atoms with E-state index in [1.807, 2.05) is 34.6 Å². The van der Waals surface area contributed by atoms with Crippen molar-refractivity contribution < 1.29 is 14.0 Å². The smallest absolute Gasteiger partial charge is 0.141 e. The van der Waals surface area contributed by atoms with E-state index < -0.39 is 0 Å². The van der Waals surface area contributed by atoms with E-state index in [0.29, 0.717) is 6.61 Å². The van der Waals surface area contributed by atoms with Crippen LogP contribution >= 0.6 is 0 Å². The number of benzene rings is 1. The second kappa shape index (κ2) is 11.9. The zero-order chi connectivity index (χ0) is 22.1. The molecule has 2 aromatic rings. The molecular weight excluding hydrogens is 374 g/mol. The maximum Gasteiger partial charge on any atom is 0.141 e. The van der Waals surface area contributed by atoms with Gasteiger partial charge in [-0.05, 0) is 82.7 Å². The third kappa shape index (κ3) is 6.21. The molecule has 30 heavy (non-hydrogen) atoms. The van der Waals surface area contributed by atoms with Crippen molar-refractivity contribution in [3.63, 3.8) is 0 Å². The van der Waals surface area contributed by atoms with Crippen LogP contribution in [0.3, 0.4) is 0 Å². The lowest BCUT2D eigenvalue weighted by atomic mass is 9.94. The van der Waals surface area contributed by atoms with Crippen molar-refractivity contribution >= 4 is 0 Å². The molecule has 1 heterocycles. The molecule has 1 aromatic heterocycles. The number of rotatable bonds is 8. The van der Waals surface area contributed by atoms with Crippen LogP contribution in [0.1, 0.15) is 89.8 Å². The molecule has 1 aliphatic rings. The Kier molecular flexibility index (Phi) is 9.64. The van der Waals surface area contributed by atoms with E-state index in [0.717, 1.165) is 40.3 Å². The normalized spacial score (nSPS) is 17.0. The lowest BCUT2D eigenvalue weighted by molar-refractivity contribution is 0.0150. The fourth-order valence-electron chi connectivity index (χ4n) is 4.08. The van der Waals surface area contributed by atoms with Crippen LogP contribution < -0.4 is 4.74 Å². The van der Waals surface area contributed by atoms with Gasteiger partial charge in [0.15, 0.2) is 0 Å². The molecule has 0 aliphatic heterocycles. The number of ether oxygens (including phenoxy) is 2. The Morgan fingerprint density at radius 2 is 1.93 bits per heavy atom. The lowest BCUT2D eigenvalue weighted by Gasteiger charge is -2.25. The first kappa shape index (κ1) is 24.2. The molecule has 166 valence electrons. The molecule has 0 fully saturated rings. The van der Waals surface area contributed by atoms with E-state index in [1.165, 1.54) is 25.7 Å². The SMILES string of the molecule is CC.CCCC1=CC(OC(C)c2cc(OCC)cc(-c3c(C)noc3C)c2)CCC1. The van der Waals surface area contributed by atoms with Crippen LogP contribution in [0.15, 0.2) is 34.4 Å². The molecule has 4 heteroatoms. The summed E-state index contributed by atoms with van der Waals surface area (Å²) in [5, 5.41) is 4.11. The minimum Gasteiger partial charge on any atom is -0.494 e. The number of allylic oxidation sites excluding steroid dienone is 1. The van der Waals surface area contributed by atoms with Gasteiger partial charge in [0.1, 0.15) is 11.5 Å². The largest absolute Gasteiger partial charge is 0.494 e. The standard InChI is InChI=1S/C24H33NO3.C2H6/c1-6-9-19-10-8-11-22(12-19)27-17(4)20-13-21(15-23(14-20)26-7-2)24-16(3)25-28-18(24)5;1-2/h12-15,17,22H,6-11H2,1-5H3;1-2H3. The molecule has 0 amide bonds. The highest BCUT2D eigenvalue weighted by Gasteiger charge is 2.20. The van der Waals surface area contributed by atoms with Crippen LogP contribution in [0.2, 0.25) is 0 Å². The topological polar surface area (TPSA) is 44.5 Å². The number of aromatic nitrogens is 1. The first-order valence-electron chi connectivity index (χ1n) is 11.6. The average molecular weight is 414 g/mol. The zero-order valence-electron chi connectivity index (χ0n) is 19.9. The van der Waals surface area contributed by atoms with Crippen molar-refractivity contribution in [2.24, 2.45) is 0 Å². The second-order valence-electron chi connectivity index (χ2n) is 7.71. The molecule has 0 bridgehead atoms. The summed E-state index contributed by atoms with van der Waals surface area (Å²) in [7, 11) is 0. The Morgan fingerprint density at radius 1 is 1.17 bits per heavy atom. The number of aryl methyl sites for hydroxylation is 2. The van der Waals surface area contributed by atoms with E-state index >= 15 is 0 Å². The van der Waals surface area contributed by atoms with Gasteiger partial charge in [-0.3, -0.25) is 0 Å². The number of nitrogens with zero attached hydrogens (tertiary/aromatic N) is 1. The average Bonchev–Trinajstić information content (AvgIpc) is 3.08. The van der Waals surface area contributed by atoms with E-state index in [9.17, 15) is 0 Å². The Labute approximate surface area is 182 Å². The molecule has 1 aromatic carbocycles. The van der Waals surface area contributed by atoms with Gasteiger partial charge in [-0.25, -0.2) is 0 Å². The molecule has 0 saturated carbocycles. The van der Waals surface area contributed by atoms with E-state index in [-0.39, 0.29) is 12.2 Å². The Bertz CT molecular complexity index is 802. The fraction of sp³-hybridized carbons (Fsp3) is 0.577. The molecule has 2 unspecified atom stereocenters. The molecule has 4 nitrogen and oxygen atoms in total. The Morgan fingerprint density at radius 3 is 2.57 bits per heavy atom. The molecule has 0 radical (unpaired) electrons. The summed E-state index contributed by atoms with van der Waals surface area (Å²) in [5.41, 5.74) is 5.67. The fourth-order valence-corrected chi connectivity index (χ4v) is 4.08. The first-order valence-corrected chi connectivity index (χ1v) is 11.6. The van der Waals surface area contributed by atoms with Gasteiger partial charge in [0.25, 0.3) is 0 Å². The molecule has 0 saturated heterocycles. The van der Waals surface area contributed by atoms with Crippen LogP contribution in [0, 0.1) is 13.8 Å². The summed E-state index contributed by atoms with van der Waals surface area (Å²) in [5.74, 6) is 1.68. The highest BCUT2D eigenvalue weighted by atomic mass is 16.5. The van der Waals surface area contributed by atoms with Gasteiger partial charge in [0.2, 0.25) is 0 Å². The second-order valence-corrected chi connectivity index (χ2v) is 7.71. The lowest BCUT2D eigenvalue weighted by Crippen LogP contribution is -2.17.